The molecule has 0 unspecified atom stereocenters. The Bertz CT molecular complexity index is 776. The van der Waals surface area contributed by atoms with Crippen molar-refractivity contribution in [2.45, 2.75) is 11.1 Å². The Hall–Kier alpha value is -2.14. The van der Waals surface area contributed by atoms with Gasteiger partial charge in [-0.2, -0.15) is 5.10 Å². The molecular weight excluding hydrogens is 306 g/mol. The monoisotopic (exact) mass is 317 g/mol. The van der Waals surface area contributed by atoms with Crippen LogP contribution in [0.3, 0.4) is 0 Å². The molecule has 0 fully saturated rings. The molecule has 0 aliphatic rings. The molecule has 2 heterocycles. The Kier molecular flexibility index (Phi) is 3.39. The van der Waals surface area contributed by atoms with Crippen LogP contribution < -0.4 is 10.5 Å². The van der Waals surface area contributed by atoms with Crippen molar-refractivity contribution in [1.82, 2.24) is 9.78 Å². The van der Waals surface area contributed by atoms with Crippen LogP contribution in [0.15, 0.2) is 16.5 Å². The lowest BCUT2D eigenvalue weighted by molar-refractivity contribution is -0.383. The van der Waals surface area contributed by atoms with Gasteiger partial charge in [0.05, 0.1) is 16.3 Å². The zero-order chi connectivity index (χ0) is 15.1. The van der Waals surface area contributed by atoms with E-state index in [1.54, 1.807) is 14.0 Å². The van der Waals surface area contributed by atoms with Crippen molar-refractivity contribution in [1.29, 1.82) is 0 Å². The van der Waals surface area contributed by atoms with Crippen LogP contribution in [0.2, 0.25) is 0 Å². The van der Waals surface area contributed by atoms with E-state index in [0.29, 0.717) is 22.7 Å². The molecule has 0 aliphatic heterocycles. The summed E-state index contributed by atoms with van der Waals surface area (Å²) < 4.78 is 27.8. The average Bonchev–Trinajstić information content (AvgIpc) is 2.83. The maximum Gasteiger partial charge on any atom is 0.304 e. The molecule has 9 nitrogen and oxygen atoms in total. The summed E-state index contributed by atoms with van der Waals surface area (Å²) in [6.45, 7) is 1.64. The second kappa shape index (κ2) is 4.76. The highest BCUT2D eigenvalue weighted by Gasteiger charge is 2.25. The molecule has 108 valence electrons. The minimum Gasteiger partial charge on any atom is -0.385 e. The molecule has 20 heavy (non-hydrogen) atoms. The number of thiophene rings is 1. The van der Waals surface area contributed by atoms with Crippen LogP contribution in [0.5, 0.6) is 0 Å². The third kappa shape index (κ3) is 2.58. The van der Waals surface area contributed by atoms with Crippen LogP contribution in [-0.4, -0.2) is 23.1 Å². The summed E-state index contributed by atoms with van der Waals surface area (Å²) >= 11 is 0.640. The van der Waals surface area contributed by atoms with E-state index in [1.807, 2.05) is 0 Å². The summed E-state index contributed by atoms with van der Waals surface area (Å²) in [5.41, 5.74) is 5.82. The fourth-order valence-electron chi connectivity index (χ4n) is 1.54. The number of nitrogen functional groups attached to an aromatic ring is 1. The first-order chi connectivity index (χ1) is 9.20. The van der Waals surface area contributed by atoms with Crippen molar-refractivity contribution in [3.05, 3.63) is 28.1 Å². The van der Waals surface area contributed by atoms with Gasteiger partial charge < -0.3 is 5.73 Å². The van der Waals surface area contributed by atoms with E-state index in [0.717, 1.165) is 6.07 Å². The lowest BCUT2D eigenvalue weighted by Crippen LogP contribution is -2.11. The number of sulfonamides is 1. The number of anilines is 2. The summed E-state index contributed by atoms with van der Waals surface area (Å²) in [5, 5.41) is 14.5. The molecule has 0 bridgehead atoms. The Labute approximate surface area is 118 Å². The average molecular weight is 317 g/mol. The third-order valence-electron chi connectivity index (χ3n) is 2.44. The minimum absolute atomic E-state index is 0.154. The predicted molar refractivity (Wildman–Crippen MR) is 74.1 cm³/mol. The Morgan fingerprint density at radius 3 is 2.65 bits per heavy atom. The van der Waals surface area contributed by atoms with Gasteiger partial charge >= 0.3 is 5.69 Å². The van der Waals surface area contributed by atoms with Gasteiger partial charge in [0.1, 0.15) is 4.21 Å². The van der Waals surface area contributed by atoms with Crippen LogP contribution >= 0.6 is 11.3 Å². The molecule has 0 saturated heterocycles. The van der Waals surface area contributed by atoms with Gasteiger partial charge in [-0.25, -0.2) is 8.42 Å². The highest BCUT2D eigenvalue weighted by molar-refractivity contribution is 7.94. The zero-order valence-corrected chi connectivity index (χ0v) is 12.2. The van der Waals surface area contributed by atoms with E-state index >= 15 is 0 Å². The largest absolute Gasteiger partial charge is 0.385 e. The summed E-state index contributed by atoms with van der Waals surface area (Å²) in [6, 6.07) is 0.939. The Balaban J connectivity index is 2.38. The molecule has 0 aromatic carbocycles. The molecule has 0 radical (unpaired) electrons. The number of nitrogens with two attached hydrogens (primary N) is 1. The van der Waals surface area contributed by atoms with Crippen molar-refractivity contribution in [3.8, 4) is 0 Å². The molecule has 0 amide bonds. The normalized spacial score (nSPS) is 11.5. The molecule has 2 aromatic heterocycles. The number of nitrogens with one attached hydrogen (secondary N) is 1. The van der Waals surface area contributed by atoms with Crippen molar-refractivity contribution in [2.75, 3.05) is 10.5 Å². The van der Waals surface area contributed by atoms with Gasteiger partial charge in [-0.3, -0.25) is 19.5 Å². The second-order valence-electron chi connectivity index (χ2n) is 3.98. The van der Waals surface area contributed by atoms with E-state index in [-0.39, 0.29) is 9.21 Å². The van der Waals surface area contributed by atoms with Crippen molar-refractivity contribution < 1.29 is 13.3 Å². The fraction of sp³-hybridized carbons (Fsp3) is 0.222. The quantitative estimate of drug-likeness (QED) is 0.640. The standard InChI is InChI=1S/C9H11N5O4S2/c1-5-6(4-13(2)11-5)12-20(17,18)8-3-7(14(15)16)9(10)19-8/h3-4,12H,10H2,1-2H3. The highest BCUT2D eigenvalue weighted by Crippen LogP contribution is 2.35. The Morgan fingerprint density at radius 1 is 1.55 bits per heavy atom. The summed E-state index contributed by atoms with van der Waals surface area (Å²) in [5.74, 6) is 0. The van der Waals surface area contributed by atoms with Gasteiger partial charge in [-0.1, -0.05) is 11.3 Å². The Morgan fingerprint density at radius 2 is 2.20 bits per heavy atom. The van der Waals surface area contributed by atoms with E-state index in [4.69, 9.17) is 5.73 Å². The molecule has 0 saturated carbocycles. The van der Waals surface area contributed by atoms with Gasteiger partial charge in [0, 0.05) is 19.3 Å². The van der Waals surface area contributed by atoms with Crippen molar-refractivity contribution in [3.63, 3.8) is 0 Å². The van der Waals surface area contributed by atoms with E-state index in [1.165, 1.54) is 10.9 Å². The van der Waals surface area contributed by atoms with Gasteiger partial charge in [0.15, 0.2) is 5.00 Å². The van der Waals surface area contributed by atoms with Gasteiger partial charge in [0.25, 0.3) is 10.0 Å². The first-order valence-electron chi connectivity index (χ1n) is 5.27. The van der Waals surface area contributed by atoms with Crippen molar-refractivity contribution >= 4 is 37.7 Å². The molecule has 0 atom stereocenters. The lowest BCUT2D eigenvalue weighted by atomic mass is 10.4. The molecule has 2 aromatic rings. The smallest absolute Gasteiger partial charge is 0.304 e. The SMILES string of the molecule is Cc1nn(C)cc1NS(=O)(=O)c1cc([N+](=O)[O-])c(N)s1. The number of hydrogen-bond acceptors (Lipinski definition) is 7. The van der Waals surface area contributed by atoms with E-state index in [2.05, 4.69) is 9.82 Å². The van der Waals surface area contributed by atoms with Crippen LogP contribution in [0.4, 0.5) is 16.4 Å². The second-order valence-corrected chi connectivity index (χ2v) is 6.97. The van der Waals surface area contributed by atoms with Crippen molar-refractivity contribution in [2.24, 2.45) is 7.05 Å². The van der Waals surface area contributed by atoms with Gasteiger partial charge in [-0.15, -0.1) is 0 Å². The van der Waals surface area contributed by atoms with Crippen LogP contribution in [0, 0.1) is 17.0 Å². The molecule has 2 rings (SSSR count). The van der Waals surface area contributed by atoms with E-state index < -0.39 is 20.6 Å². The third-order valence-corrected chi connectivity index (χ3v) is 5.23. The number of nitro groups is 1. The predicted octanol–water partition coefficient (Wildman–Crippen LogP) is 1.08. The number of aryl methyl sites for hydroxylation is 2. The molecule has 3 N–H and O–H groups in total. The topological polar surface area (TPSA) is 133 Å². The first-order valence-corrected chi connectivity index (χ1v) is 7.57. The summed E-state index contributed by atoms with van der Waals surface area (Å²) in [4.78, 5) is 9.96. The number of nitrogens with zero attached hydrogens (tertiary/aromatic N) is 3. The number of hydrogen-bond donors (Lipinski definition) is 2. The lowest BCUT2D eigenvalue weighted by Gasteiger charge is -2.03. The number of rotatable bonds is 4. The molecule has 0 spiro atoms. The van der Waals surface area contributed by atoms with E-state index in [9.17, 15) is 18.5 Å². The highest BCUT2D eigenvalue weighted by atomic mass is 32.2. The molecule has 0 aliphatic carbocycles. The van der Waals surface area contributed by atoms with Crippen LogP contribution in [0.1, 0.15) is 5.69 Å². The summed E-state index contributed by atoms with van der Waals surface area (Å²) in [7, 11) is -2.28. The van der Waals surface area contributed by atoms with Gasteiger partial charge in [0.2, 0.25) is 0 Å². The number of aromatic nitrogens is 2. The van der Waals surface area contributed by atoms with Crippen LogP contribution in [-0.2, 0) is 17.1 Å². The first kappa shape index (κ1) is 14.3. The minimum atomic E-state index is -3.93. The zero-order valence-electron chi connectivity index (χ0n) is 10.5. The molecule has 11 heteroatoms. The maximum atomic E-state index is 12.1. The molecular formula is C9H11N5O4S2. The maximum absolute atomic E-state index is 12.1. The van der Waals surface area contributed by atoms with Crippen LogP contribution in [0.25, 0.3) is 0 Å². The fourth-order valence-corrected chi connectivity index (χ4v) is 3.86. The summed E-state index contributed by atoms with van der Waals surface area (Å²) in [6.07, 6.45) is 1.50. The van der Waals surface area contributed by atoms with Gasteiger partial charge in [-0.05, 0) is 6.92 Å².